The van der Waals surface area contributed by atoms with E-state index in [4.69, 9.17) is 10.5 Å². The predicted molar refractivity (Wildman–Crippen MR) is 111 cm³/mol. The highest BCUT2D eigenvalue weighted by atomic mass is 16.5. The molecule has 0 saturated carbocycles. The summed E-state index contributed by atoms with van der Waals surface area (Å²) in [5.74, 6) is 0. The van der Waals surface area contributed by atoms with Crippen molar-refractivity contribution in [2.75, 3.05) is 32.8 Å². The number of hydrogen-bond acceptors (Lipinski definition) is 4. The minimum absolute atomic E-state index is 0.473. The molecule has 0 bridgehead atoms. The topological polar surface area (TPSA) is 59.6 Å². The lowest BCUT2D eigenvalue weighted by molar-refractivity contribution is 0.301. The van der Waals surface area contributed by atoms with Crippen LogP contribution in [0.4, 0.5) is 0 Å². The minimum atomic E-state index is 0.473. The van der Waals surface area contributed by atoms with Gasteiger partial charge in [0.05, 0.1) is 18.5 Å². The second-order valence-electron chi connectivity index (χ2n) is 5.62. The van der Waals surface area contributed by atoms with Gasteiger partial charge in [-0.05, 0) is 45.0 Å². The van der Waals surface area contributed by atoms with Gasteiger partial charge in [-0.2, -0.15) is 0 Å². The van der Waals surface area contributed by atoms with E-state index in [1.54, 1.807) is 12.3 Å². The Morgan fingerprint density at radius 1 is 1.32 bits per heavy atom. The van der Waals surface area contributed by atoms with Crippen molar-refractivity contribution in [3.63, 3.8) is 0 Å². The van der Waals surface area contributed by atoms with E-state index < -0.39 is 0 Å². The second kappa shape index (κ2) is 16.9. The molecular weight excluding hydrogens is 310 g/mol. The summed E-state index contributed by atoms with van der Waals surface area (Å²) in [6, 6.07) is 0. The van der Waals surface area contributed by atoms with Crippen LogP contribution in [0.1, 0.15) is 33.6 Å². The van der Waals surface area contributed by atoms with Crippen molar-refractivity contribution >= 4 is 5.71 Å². The average Bonchev–Trinajstić information content (AvgIpc) is 2.64. The van der Waals surface area contributed by atoms with Gasteiger partial charge in [-0.15, -0.1) is 0 Å². The van der Waals surface area contributed by atoms with Gasteiger partial charge in [-0.3, -0.25) is 4.99 Å². The van der Waals surface area contributed by atoms with Gasteiger partial charge in [0.25, 0.3) is 0 Å². The van der Waals surface area contributed by atoms with Crippen LogP contribution in [-0.4, -0.2) is 38.5 Å². The van der Waals surface area contributed by atoms with Crippen LogP contribution in [0.15, 0.2) is 65.4 Å². The number of ether oxygens (including phenoxy) is 1. The van der Waals surface area contributed by atoms with Gasteiger partial charge in [0.1, 0.15) is 6.61 Å². The number of aliphatic imine (C=N–C) groups is 1. The molecule has 0 aliphatic heterocycles. The molecule has 0 spiro atoms. The van der Waals surface area contributed by atoms with Crippen molar-refractivity contribution in [3.05, 3.63) is 60.4 Å². The Hall–Kier alpha value is -1.91. The molecule has 3 N–H and O–H groups in total. The Balaban J connectivity index is 4.51. The van der Waals surface area contributed by atoms with Gasteiger partial charge in [0, 0.05) is 13.0 Å². The molecule has 4 nitrogen and oxygen atoms in total. The monoisotopic (exact) mass is 345 g/mol. The predicted octanol–water partition coefficient (Wildman–Crippen LogP) is 3.94. The van der Waals surface area contributed by atoms with Crippen LogP contribution in [0.5, 0.6) is 0 Å². The lowest BCUT2D eigenvalue weighted by atomic mass is 10.2. The van der Waals surface area contributed by atoms with Crippen molar-refractivity contribution in [1.29, 1.82) is 0 Å². The SMILES string of the molecule is C=C/C(=C\C=C\OC/C(C/C=C/CCNCC)=N/CC(C)=CC)CN. The zero-order chi connectivity index (χ0) is 18.8. The summed E-state index contributed by atoms with van der Waals surface area (Å²) >= 11 is 0. The average molecular weight is 346 g/mol. The first-order valence-corrected chi connectivity index (χ1v) is 8.97. The van der Waals surface area contributed by atoms with Gasteiger partial charge >= 0.3 is 0 Å². The Morgan fingerprint density at radius 2 is 2.12 bits per heavy atom. The van der Waals surface area contributed by atoms with Crippen molar-refractivity contribution in [3.8, 4) is 0 Å². The highest BCUT2D eigenvalue weighted by molar-refractivity contribution is 5.87. The van der Waals surface area contributed by atoms with Gasteiger partial charge in [-0.1, -0.05) is 49.5 Å². The molecule has 0 amide bonds. The van der Waals surface area contributed by atoms with Gasteiger partial charge in [-0.25, -0.2) is 0 Å². The van der Waals surface area contributed by atoms with Crippen LogP contribution >= 0.6 is 0 Å². The van der Waals surface area contributed by atoms with Crippen LogP contribution in [0.3, 0.4) is 0 Å². The maximum absolute atomic E-state index is 5.60. The number of allylic oxidation sites excluding steroid dienone is 4. The lowest BCUT2D eigenvalue weighted by Gasteiger charge is -2.05. The summed E-state index contributed by atoms with van der Waals surface area (Å²) in [6.45, 7) is 13.6. The summed E-state index contributed by atoms with van der Waals surface area (Å²) in [7, 11) is 0. The van der Waals surface area contributed by atoms with Crippen molar-refractivity contribution in [2.24, 2.45) is 10.7 Å². The maximum atomic E-state index is 5.60. The minimum Gasteiger partial charge on any atom is -0.495 e. The lowest BCUT2D eigenvalue weighted by Crippen LogP contribution is -2.13. The molecule has 0 aliphatic rings. The van der Waals surface area contributed by atoms with E-state index in [-0.39, 0.29) is 0 Å². The first-order valence-electron chi connectivity index (χ1n) is 8.97. The van der Waals surface area contributed by atoms with Crippen LogP contribution in [0.2, 0.25) is 0 Å². The molecule has 0 heterocycles. The normalized spacial score (nSPS) is 13.8. The van der Waals surface area contributed by atoms with E-state index in [0.29, 0.717) is 13.2 Å². The first-order chi connectivity index (χ1) is 12.2. The molecule has 0 aromatic carbocycles. The zero-order valence-corrected chi connectivity index (χ0v) is 16.1. The van der Waals surface area contributed by atoms with E-state index in [0.717, 1.165) is 43.8 Å². The zero-order valence-electron chi connectivity index (χ0n) is 16.1. The molecule has 0 saturated heterocycles. The van der Waals surface area contributed by atoms with Crippen molar-refractivity contribution in [2.45, 2.75) is 33.6 Å². The summed E-state index contributed by atoms with van der Waals surface area (Å²) in [5.41, 5.74) is 8.84. The van der Waals surface area contributed by atoms with Crippen LogP contribution in [0.25, 0.3) is 0 Å². The largest absolute Gasteiger partial charge is 0.495 e. The van der Waals surface area contributed by atoms with E-state index >= 15 is 0 Å². The molecule has 25 heavy (non-hydrogen) atoms. The van der Waals surface area contributed by atoms with Crippen LogP contribution < -0.4 is 11.1 Å². The number of hydrogen-bond donors (Lipinski definition) is 2. The molecule has 0 aromatic heterocycles. The quantitative estimate of drug-likeness (QED) is 0.165. The van der Waals surface area contributed by atoms with E-state index in [9.17, 15) is 0 Å². The first kappa shape index (κ1) is 23.1. The van der Waals surface area contributed by atoms with E-state index in [2.05, 4.69) is 49.0 Å². The molecule has 0 unspecified atom stereocenters. The Bertz CT molecular complexity index is 499. The van der Waals surface area contributed by atoms with E-state index in [1.807, 2.05) is 19.1 Å². The van der Waals surface area contributed by atoms with Crippen molar-refractivity contribution < 1.29 is 4.74 Å². The number of rotatable bonds is 14. The fraction of sp³-hybridized carbons (Fsp3) is 0.476. The molecule has 0 rings (SSSR count). The molecule has 0 atom stereocenters. The number of nitrogens with one attached hydrogen (secondary N) is 1. The fourth-order valence-corrected chi connectivity index (χ4v) is 1.78. The number of nitrogens with two attached hydrogens (primary N) is 1. The van der Waals surface area contributed by atoms with Gasteiger partial charge in [0.2, 0.25) is 0 Å². The summed E-state index contributed by atoms with van der Waals surface area (Å²) in [4.78, 5) is 4.66. The molecule has 4 heteroatoms. The molecule has 140 valence electrons. The third-order valence-electron chi connectivity index (χ3n) is 3.54. The Labute approximate surface area is 153 Å². The molecular formula is C21H35N3O. The molecule has 0 aromatic rings. The van der Waals surface area contributed by atoms with Gasteiger partial charge < -0.3 is 15.8 Å². The molecule has 0 aliphatic carbocycles. The van der Waals surface area contributed by atoms with Crippen LogP contribution in [-0.2, 0) is 4.74 Å². The highest BCUT2D eigenvalue weighted by Gasteiger charge is 1.97. The summed E-state index contributed by atoms with van der Waals surface area (Å²) in [6.07, 6.45) is 15.4. The highest BCUT2D eigenvalue weighted by Crippen LogP contribution is 1.99. The maximum Gasteiger partial charge on any atom is 0.125 e. The standard InChI is InChI=1S/C21H35N3O/c1-5-19(4)17-24-21(13-9-8-10-14-23-7-3)18-25-15-11-12-20(6-2)16-22/h5-6,8-9,11-12,15,23H,2,7,10,13-14,16-18,22H2,1,3-4H3/b9-8+,15-11+,19-5?,20-12+,24-21+. The second-order valence-corrected chi connectivity index (χ2v) is 5.62. The van der Waals surface area contributed by atoms with Gasteiger partial charge in [0.15, 0.2) is 0 Å². The molecule has 0 fully saturated rings. The fourth-order valence-electron chi connectivity index (χ4n) is 1.78. The summed E-state index contributed by atoms with van der Waals surface area (Å²) < 4.78 is 5.60. The third kappa shape index (κ3) is 14.2. The Morgan fingerprint density at radius 3 is 2.76 bits per heavy atom. The van der Waals surface area contributed by atoms with Crippen LogP contribution in [0, 0.1) is 0 Å². The van der Waals surface area contributed by atoms with Crippen molar-refractivity contribution in [1.82, 2.24) is 5.32 Å². The molecule has 0 radical (unpaired) electrons. The smallest absolute Gasteiger partial charge is 0.125 e. The number of nitrogens with zero attached hydrogens (tertiary/aromatic N) is 1. The third-order valence-corrected chi connectivity index (χ3v) is 3.54. The van der Waals surface area contributed by atoms with E-state index in [1.165, 1.54) is 5.57 Å². The Kier molecular flexibility index (Phi) is 15.6. The summed E-state index contributed by atoms with van der Waals surface area (Å²) in [5, 5.41) is 3.31.